The molecule has 0 bridgehead atoms. The molecule has 118 valence electrons. The smallest absolute Gasteiger partial charge is 0.267 e. The first kappa shape index (κ1) is 15.6. The standard InChI is InChI=1S/C20H16N2O2/c23-19(17-9-5-2-6-10-17)13-11-18-12-14-20(24)22(21-18)15-16-7-3-1-4-8-16/h1-14H,15H2/b13-11+. The van der Waals surface area contributed by atoms with Crippen molar-refractivity contribution in [2.75, 3.05) is 0 Å². The first-order valence-corrected chi connectivity index (χ1v) is 7.62. The highest BCUT2D eigenvalue weighted by Crippen LogP contribution is 2.04. The maximum Gasteiger partial charge on any atom is 0.267 e. The van der Waals surface area contributed by atoms with E-state index in [1.807, 2.05) is 48.5 Å². The molecule has 4 heteroatoms. The molecular formula is C20H16N2O2. The number of carbonyl (C=O) groups is 1. The van der Waals surface area contributed by atoms with Crippen LogP contribution in [0.2, 0.25) is 0 Å². The van der Waals surface area contributed by atoms with Gasteiger partial charge in [-0.05, 0) is 23.8 Å². The van der Waals surface area contributed by atoms with Gasteiger partial charge in [0.15, 0.2) is 5.78 Å². The predicted octanol–water partition coefficient (Wildman–Crippen LogP) is 3.19. The minimum absolute atomic E-state index is 0.0989. The third-order valence-electron chi connectivity index (χ3n) is 3.53. The summed E-state index contributed by atoms with van der Waals surface area (Å²) in [6, 6.07) is 21.7. The van der Waals surface area contributed by atoms with Crippen LogP contribution >= 0.6 is 0 Å². The highest BCUT2D eigenvalue weighted by Gasteiger charge is 2.02. The summed E-state index contributed by atoms with van der Waals surface area (Å²) in [5, 5.41) is 4.30. The van der Waals surface area contributed by atoms with Crippen LogP contribution in [0.3, 0.4) is 0 Å². The predicted molar refractivity (Wildman–Crippen MR) is 93.8 cm³/mol. The Morgan fingerprint density at radius 3 is 2.29 bits per heavy atom. The molecule has 3 aromatic rings. The molecule has 0 spiro atoms. The van der Waals surface area contributed by atoms with Gasteiger partial charge in [0.05, 0.1) is 12.2 Å². The molecular weight excluding hydrogens is 300 g/mol. The molecule has 4 nitrogen and oxygen atoms in total. The Labute approximate surface area is 139 Å². The van der Waals surface area contributed by atoms with Gasteiger partial charge in [-0.15, -0.1) is 0 Å². The van der Waals surface area contributed by atoms with Gasteiger partial charge in [0, 0.05) is 11.6 Å². The third-order valence-corrected chi connectivity index (χ3v) is 3.53. The van der Waals surface area contributed by atoms with E-state index in [0.29, 0.717) is 17.8 Å². The largest absolute Gasteiger partial charge is 0.289 e. The minimum atomic E-state index is -0.176. The molecule has 3 rings (SSSR count). The van der Waals surface area contributed by atoms with Crippen LogP contribution in [0.4, 0.5) is 0 Å². The van der Waals surface area contributed by atoms with Gasteiger partial charge < -0.3 is 0 Å². The molecule has 0 aliphatic carbocycles. The number of ketones is 1. The lowest BCUT2D eigenvalue weighted by molar-refractivity contribution is 0.104. The SMILES string of the molecule is O=C(/C=C/c1ccc(=O)n(Cc2ccccc2)n1)c1ccccc1. The Morgan fingerprint density at radius 2 is 1.58 bits per heavy atom. The first-order valence-electron chi connectivity index (χ1n) is 7.62. The van der Waals surface area contributed by atoms with E-state index in [1.54, 1.807) is 24.3 Å². The molecule has 0 saturated carbocycles. The van der Waals surface area contributed by atoms with Crippen molar-refractivity contribution in [1.29, 1.82) is 0 Å². The Hall–Kier alpha value is -3.27. The molecule has 1 heterocycles. The van der Waals surface area contributed by atoms with Crippen molar-refractivity contribution >= 4 is 11.9 Å². The molecule has 0 atom stereocenters. The van der Waals surface area contributed by atoms with Crippen LogP contribution in [0, 0.1) is 0 Å². The number of aromatic nitrogens is 2. The number of rotatable bonds is 5. The van der Waals surface area contributed by atoms with Crippen LogP contribution in [-0.4, -0.2) is 15.6 Å². The third kappa shape index (κ3) is 3.93. The average Bonchev–Trinajstić information content (AvgIpc) is 2.63. The van der Waals surface area contributed by atoms with Crippen LogP contribution in [0.25, 0.3) is 6.08 Å². The van der Waals surface area contributed by atoms with Gasteiger partial charge in [0.25, 0.3) is 5.56 Å². The molecule has 0 fully saturated rings. The summed E-state index contributed by atoms with van der Waals surface area (Å²) in [5.41, 5.74) is 2.00. The maximum absolute atomic E-state index is 12.1. The van der Waals surface area contributed by atoms with Crippen molar-refractivity contribution in [1.82, 2.24) is 9.78 Å². The number of hydrogen-bond donors (Lipinski definition) is 0. The molecule has 0 N–H and O–H groups in total. The minimum Gasteiger partial charge on any atom is -0.289 e. The maximum atomic E-state index is 12.1. The lowest BCUT2D eigenvalue weighted by Crippen LogP contribution is -2.22. The van der Waals surface area contributed by atoms with Crippen molar-refractivity contribution in [3.8, 4) is 0 Å². The summed E-state index contributed by atoms with van der Waals surface area (Å²) in [6.45, 7) is 0.397. The molecule has 0 amide bonds. The zero-order chi connectivity index (χ0) is 16.8. The molecule has 0 radical (unpaired) electrons. The van der Waals surface area contributed by atoms with Crippen molar-refractivity contribution in [2.24, 2.45) is 0 Å². The fourth-order valence-corrected chi connectivity index (χ4v) is 2.28. The van der Waals surface area contributed by atoms with Gasteiger partial charge in [0.2, 0.25) is 0 Å². The van der Waals surface area contributed by atoms with Gasteiger partial charge in [0.1, 0.15) is 0 Å². The van der Waals surface area contributed by atoms with Gasteiger partial charge >= 0.3 is 0 Å². The highest BCUT2D eigenvalue weighted by molar-refractivity contribution is 6.06. The number of nitrogens with zero attached hydrogens (tertiary/aromatic N) is 2. The Bertz CT molecular complexity index is 913. The summed E-state index contributed by atoms with van der Waals surface area (Å²) in [4.78, 5) is 24.0. The second-order valence-corrected chi connectivity index (χ2v) is 5.30. The number of carbonyl (C=O) groups excluding carboxylic acids is 1. The Morgan fingerprint density at radius 1 is 0.917 bits per heavy atom. The summed E-state index contributed by atoms with van der Waals surface area (Å²) in [6.07, 6.45) is 3.09. The van der Waals surface area contributed by atoms with Gasteiger partial charge in [-0.3, -0.25) is 9.59 Å². The first-order chi connectivity index (χ1) is 11.7. The molecule has 0 unspecified atom stereocenters. The lowest BCUT2D eigenvalue weighted by atomic mass is 10.1. The molecule has 0 saturated heterocycles. The molecule has 0 aliphatic heterocycles. The number of benzene rings is 2. The summed E-state index contributed by atoms with van der Waals surface area (Å²) >= 11 is 0. The van der Waals surface area contributed by atoms with Crippen LogP contribution in [0.1, 0.15) is 21.6 Å². The van der Waals surface area contributed by atoms with E-state index in [9.17, 15) is 9.59 Å². The van der Waals surface area contributed by atoms with Crippen molar-refractivity contribution in [3.05, 3.63) is 106 Å². The highest BCUT2D eigenvalue weighted by atomic mass is 16.1. The van der Waals surface area contributed by atoms with Gasteiger partial charge in [-0.1, -0.05) is 60.7 Å². The van der Waals surface area contributed by atoms with E-state index >= 15 is 0 Å². The van der Waals surface area contributed by atoms with E-state index in [0.717, 1.165) is 5.56 Å². The fraction of sp³-hybridized carbons (Fsp3) is 0.0500. The normalized spacial score (nSPS) is 10.8. The van der Waals surface area contributed by atoms with E-state index < -0.39 is 0 Å². The quantitative estimate of drug-likeness (QED) is 0.536. The van der Waals surface area contributed by atoms with E-state index in [-0.39, 0.29) is 11.3 Å². The Kier molecular flexibility index (Phi) is 4.77. The van der Waals surface area contributed by atoms with Crippen molar-refractivity contribution < 1.29 is 4.79 Å². The van der Waals surface area contributed by atoms with E-state index in [1.165, 1.54) is 16.8 Å². The average molecular weight is 316 g/mol. The van der Waals surface area contributed by atoms with Gasteiger partial charge in [-0.2, -0.15) is 5.10 Å². The van der Waals surface area contributed by atoms with Crippen LogP contribution in [0.5, 0.6) is 0 Å². The molecule has 2 aromatic carbocycles. The molecule has 1 aromatic heterocycles. The van der Waals surface area contributed by atoms with Crippen LogP contribution < -0.4 is 5.56 Å². The fourth-order valence-electron chi connectivity index (χ4n) is 2.28. The van der Waals surface area contributed by atoms with Crippen molar-refractivity contribution in [3.63, 3.8) is 0 Å². The van der Waals surface area contributed by atoms with E-state index in [4.69, 9.17) is 0 Å². The van der Waals surface area contributed by atoms with Crippen molar-refractivity contribution in [2.45, 2.75) is 6.54 Å². The zero-order valence-corrected chi connectivity index (χ0v) is 13.0. The second-order valence-electron chi connectivity index (χ2n) is 5.30. The summed E-state index contributed by atoms with van der Waals surface area (Å²) in [7, 11) is 0. The zero-order valence-electron chi connectivity index (χ0n) is 13.0. The number of hydrogen-bond acceptors (Lipinski definition) is 3. The van der Waals surface area contributed by atoms with E-state index in [2.05, 4.69) is 5.10 Å². The summed E-state index contributed by atoms with van der Waals surface area (Å²) in [5.74, 6) is -0.0989. The number of allylic oxidation sites excluding steroid dienone is 1. The monoisotopic (exact) mass is 316 g/mol. The van der Waals surface area contributed by atoms with Crippen LogP contribution in [0.15, 0.2) is 83.7 Å². The Balaban J connectivity index is 1.80. The molecule has 0 aliphatic rings. The summed E-state index contributed by atoms with van der Waals surface area (Å²) < 4.78 is 1.39. The van der Waals surface area contributed by atoms with Crippen LogP contribution in [-0.2, 0) is 6.54 Å². The second kappa shape index (κ2) is 7.33. The van der Waals surface area contributed by atoms with Gasteiger partial charge in [-0.25, -0.2) is 4.68 Å². The molecule has 24 heavy (non-hydrogen) atoms. The lowest BCUT2D eigenvalue weighted by Gasteiger charge is -2.05. The topological polar surface area (TPSA) is 52.0 Å².